The van der Waals surface area contributed by atoms with Crippen LogP contribution in [0, 0.1) is 6.92 Å². The van der Waals surface area contributed by atoms with Gasteiger partial charge in [0.05, 0.1) is 18.0 Å². The van der Waals surface area contributed by atoms with Gasteiger partial charge in [0.2, 0.25) is 15.9 Å². The lowest BCUT2D eigenvalue weighted by Crippen LogP contribution is -2.39. The summed E-state index contributed by atoms with van der Waals surface area (Å²) in [5.74, 6) is 0.555. The van der Waals surface area contributed by atoms with Gasteiger partial charge < -0.3 is 10.1 Å². The molecular weight excluding hydrogens is 414 g/mol. The molecule has 0 radical (unpaired) electrons. The summed E-state index contributed by atoms with van der Waals surface area (Å²) in [7, 11) is -0.133. The predicted octanol–water partition coefficient (Wildman–Crippen LogP) is 3.49. The maximum atomic E-state index is 13.0. The molecule has 0 aromatic heterocycles. The molecule has 0 spiro atoms. The summed E-state index contributed by atoms with van der Waals surface area (Å²) in [5.41, 5.74) is 2.08. The fourth-order valence-corrected chi connectivity index (χ4v) is 5.05. The van der Waals surface area contributed by atoms with Crippen LogP contribution in [0.25, 0.3) is 0 Å². The van der Waals surface area contributed by atoms with E-state index < -0.39 is 16.1 Å². The molecule has 1 N–H and O–H groups in total. The molecule has 2 aromatic rings. The summed E-state index contributed by atoms with van der Waals surface area (Å²) in [6.45, 7) is 8.49. The van der Waals surface area contributed by atoms with E-state index in [2.05, 4.69) is 5.32 Å². The number of nitrogens with one attached hydrogen (secondary N) is 1. The van der Waals surface area contributed by atoms with Crippen LogP contribution < -0.4 is 10.1 Å². The van der Waals surface area contributed by atoms with Gasteiger partial charge in [0.1, 0.15) is 5.75 Å². The zero-order chi connectivity index (χ0) is 23.2. The fraction of sp³-hybridized carbons (Fsp3) is 0.435. The van der Waals surface area contributed by atoms with Crippen LogP contribution in [0.5, 0.6) is 5.75 Å². The number of methoxy groups -OCH3 is 1. The maximum Gasteiger partial charge on any atom is 0.243 e. The van der Waals surface area contributed by atoms with E-state index in [1.54, 1.807) is 40.0 Å². The Labute approximate surface area is 186 Å². The van der Waals surface area contributed by atoms with Crippen molar-refractivity contribution in [3.8, 4) is 5.75 Å². The maximum absolute atomic E-state index is 13.0. The highest BCUT2D eigenvalue weighted by Crippen LogP contribution is 2.24. The Bertz CT molecular complexity index is 1000. The molecule has 170 valence electrons. The second kappa shape index (κ2) is 10.7. The number of benzene rings is 2. The molecular formula is C23H33N3O4S. The van der Waals surface area contributed by atoms with E-state index in [1.165, 1.54) is 10.4 Å². The molecule has 0 fully saturated rings. The van der Waals surface area contributed by atoms with Gasteiger partial charge in [-0.05, 0) is 44.7 Å². The quantitative estimate of drug-likeness (QED) is 0.603. The van der Waals surface area contributed by atoms with Gasteiger partial charge in [0.25, 0.3) is 0 Å². The van der Waals surface area contributed by atoms with Crippen molar-refractivity contribution in [2.24, 2.45) is 0 Å². The number of sulfonamides is 1. The van der Waals surface area contributed by atoms with Crippen molar-refractivity contribution in [1.82, 2.24) is 9.21 Å². The molecule has 2 aromatic carbocycles. The van der Waals surface area contributed by atoms with Crippen LogP contribution in [0.3, 0.4) is 0 Å². The number of anilines is 1. The molecule has 0 aliphatic rings. The molecule has 0 saturated carbocycles. The average Bonchev–Trinajstić information content (AvgIpc) is 2.75. The summed E-state index contributed by atoms with van der Waals surface area (Å²) in [6, 6.07) is 12.2. The number of ether oxygens (including phenoxy) is 1. The van der Waals surface area contributed by atoms with E-state index in [9.17, 15) is 13.2 Å². The van der Waals surface area contributed by atoms with Crippen LogP contribution in [0.15, 0.2) is 47.4 Å². The van der Waals surface area contributed by atoms with Gasteiger partial charge in [-0.3, -0.25) is 9.69 Å². The standard InChI is InChI=1S/C23H33N3O4S/c1-7-26(8-2)31(28,29)22-15-20(14-13-17(22)3)24-23(27)18(4)25(5)16-19-11-9-10-12-21(19)30-6/h9-15,18H,7-8,16H2,1-6H3,(H,24,27)/t18-/m0/s1. The molecule has 31 heavy (non-hydrogen) atoms. The Hall–Kier alpha value is -2.42. The second-order valence-electron chi connectivity index (χ2n) is 7.46. The minimum absolute atomic E-state index is 0.212. The number of aryl methyl sites for hydroxylation is 1. The van der Waals surface area contributed by atoms with Crippen molar-refractivity contribution < 1.29 is 17.9 Å². The third kappa shape index (κ3) is 5.84. The van der Waals surface area contributed by atoms with Crippen molar-refractivity contribution in [3.05, 3.63) is 53.6 Å². The van der Waals surface area contributed by atoms with Crippen LogP contribution in [-0.4, -0.2) is 56.8 Å². The highest BCUT2D eigenvalue weighted by molar-refractivity contribution is 7.89. The lowest BCUT2D eigenvalue weighted by molar-refractivity contribution is -0.120. The van der Waals surface area contributed by atoms with Crippen molar-refractivity contribution >= 4 is 21.6 Å². The van der Waals surface area contributed by atoms with Gasteiger partial charge in [-0.25, -0.2) is 8.42 Å². The molecule has 7 nitrogen and oxygen atoms in total. The Morgan fingerprint density at radius 1 is 1.13 bits per heavy atom. The summed E-state index contributed by atoms with van der Waals surface area (Å²) in [4.78, 5) is 15.0. The summed E-state index contributed by atoms with van der Waals surface area (Å²) in [5, 5.41) is 2.86. The first-order chi connectivity index (χ1) is 14.6. The first-order valence-electron chi connectivity index (χ1n) is 10.4. The Kier molecular flexibility index (Phi) is 8.61. The second-order valence-corrected chi connectivity index (χ2v) is 9.37. The Morgan fingerprint density at radius 2 is 1.77 bits per heavy atom. The van der Waals surface area contributed by atoms with Gasteiger partial charge in [0.15, 0.2) is 0 Å². The molecule has 1 atom stereocenters. The van der Waals surface area contributed by atoms with E-state index in [0.717, 1.165) is 11.3 Å². The Balaban J connectivity index is 2.18. The lowest BCUT2D eigenvalue weighted by atomic mass is 10.1. The number of carbonyl (C=O) groups excluding carboxylic acids is 1. The monoisotopic (exact) mass is 447 g/mol. The number of likely N-dealkylation sites (N-methyl/N-ethyl adjacent to an activating group) is 1. The van der Waals surface area contributed by atoms with E-state index in [0.29, 0.717) is 30.9 Å². The first kappa shape index (κ1) is 24.8. The van der Waals surface area contributed by atoms with Gasteiger partial charge in [-0.1, -0.05) is 38.1 Å². The van der Waals surface area contributed by atoms with Crippen LogP contribution in [0.1, 0.15) is 31.9 Å². The zero-order valence-electron chi connectivity index (χ0n) is 19.2. The molecule has 8 heteroatoms. The van der Waals surface area contributed by atoms with Crippen LogP contribution in [0.4, 0.5) is 5.69 Å². The van der Waals surface area contributed by atoms with Crippen LogP contribution in [-0.2, 0) is 21.4 Å². The molecule has 1 amide bonds. The minimum atomic E-state index is -3.62. The SMILES string of the molecule is CCN(CC)S(=O)(=O)c1cc(NC(=O)[C@H](C)N(C)Cc2ccccc2OC)ccc1C. The summed E-state index contributed by atoms with van der Waals surface area (Å²) in [6.07, 6.45) is 0. The van der Waals surface area contributed by atoms with Crippen LogP contribution in [0.2, 0.25) is 0 Å². The van der Waals surface area contributed by atoms with Gasteiger partial charge in [-0.15, -0.1) is 0 Å². The van der Waals surface area contributed by atoms with Crippen molar-refractivity contribution in [2.75, 3.05) is 32.6 Å². The highest BCUT2D eigenvalue weighted by Gasteiger charge is 2.25. The number of amides is 1. The van der Waals surface area contributed by atoms with Crippen molar-refractivity contribution in [3.63, 3.8) is 0 Å². The molecule has 0 unspecified atom stereocenters. The smallest absolute Gasteiger partial charge is 0.243 e. The fourth-order valence-electron chi connectivity index (χ4n) is 3.34. The molecule has 0 heterocycles. The number of carbonyl (C=O) groups is 1. The van der Waals surface area contributed by atoms with Crippen molar-refractivity contribution in [1.29, 1.82) is 0 Å². The average molecular weight is 448 g/mol. The number of hydrogen-bond acceptors (Lipinski definition) is 5. The highest BCUT2D eigenvalue weighted by atomic mass is 32.2. The third-order valence-electron chi connectivity index (χ3n) is 5.43. The summed E-state index contributed by atoms with van der Waals surface area (Å²) >= 11 is 0. The van der Waals surface area contributed by atoms with E-state index in [1.807, 2.05) is 43.1 Å². The van der Waals surface area contributed by atoms with E-state index >= 15 is 0 Å². The Morgan fingerprint density at radius 3 is 2.39 bits per heavy atom. The topological polar surface area (TPSA) is 79.0 Å². The first-order valence-corrected chi connectivity index (χ1v) is 11.8. The van der Waals surface area contributed by atoms with Crippen molar-refractivity contribution in [2.45, 2.75) is 45.2 Å². The zero-order valence-corrected chi connectivity index (χ0v) is 20.0. The van der Waals surface area contributed by atoms with E-state index in [-0.39, 0.29) is 10.8 Å². The molecule has 0 saturated heterocycles. The largest absolute Gasteiger partial charge is 0.496 e. The van der Waals surface area contributed by atoms with Crippen LogP contribution >= 0.6 is 0 Å². The number of rotatable bonds is 10. The minimum Gasteiger partial charge on any atom is -0.496 e. The molecule has 2 rings (SSSR count). The molecule has 0 aliphatic carbocycles. The number of hydrogen-bond donors (Lipinski definition) is 1. The van der Waals surface area contributed by atoms with E-state index in [4.69, 9.17) is 4.74 Å². The lowest BCUT2D eigenvalue weighted by Gasteiger charge is -2.25. The number of nitrogens with zero attached hydrogens (tertiary/aromatic N) is 2. The number of para-hydroxylation sites is 1. The van der Waals surface area contributed by atoms with Gasteiger partial charge in [0, 0.05) is 30.9 Å². The third-order valence-corrected chi connectivity index (χ3v) is 7.62. The summed E-state index contributed by atoms with van der Waals surface area (Å²) < 4.78 is 32.7. The normalized spacial score (nSPS) is 12.8. The predicted molar refractivity (Wildman–Crippen MR) is 124 cm³/mol. The van der Waals surface area contributed by atoms with Gasteiger partial charge in [-0.2, -0.15) is 4.31 Å². The van der Waals surface area contributed by atoms with Gasteiger partial charge >= 0.3 is 0 Å². The molecule has 0 bridgehead atoms. The molecule has 0 aliphatic heterocycles.